The van der Waals surface area contributed by atoms with Crippen molar-refractivity contribution in [2.45, 2.75) is 37.8 Å². The molecule has 0 aliphatic carbocycles. The standard InChI is InChI=1S/C25H28F3NO5/c1-3-33-22(30)20-14-15-29(16-18-10-6-4-7-11-18)17-21(20)34-23(31)24(32-2,25(26,27)28)19-12-8-5-9-13-19/h4-13,20-21H,3,14-17H2,1-2H3/t20-,21-,24-/m1/s1. The van der Waals surface area contributed by atoms with Crippen LogP contribution in [0.1, 0.15) is 24.5 Å². The number of ether oxygens (including phenoxy) is 3. The zero-order valence-electron chi connectivity index (χ0n) is 19.1. The molecule has 0 spiro atoms. The molecule has 2 aromatic rings. The van der Waals surface area contributed by atoms with E-state index in [0.717, 1.165) is 24.8 Å². The molecule has 0 unspecified atom stereocenters. The van der Waals surface area contributed by atoms with Crippen LogP contribution in [0.4, 0.5) is 13.2 Å². The summed E-state index contributed by atoms with van der Waals surface area (Å²) in [6.45, 7) is 2.82. The number of piperidine rings is 1. The Hall–Kier alpha value is -2.91. The van der Waals surface area contributed by atoms with Crippen molar-refractivity contribution in [2.24, 2.45) is 5.92 Å². The molecule has 1 heterocycles. The molecule has 2 aromatic carbocycles. The molecule has 184 valence electrons. The van der Waals surface area contributed by atoms with E-state index in [1.165, 1.54) is 18.2 Å². The normalized spacial score (nSPS) is 20.9. The maximum absolute atomic E-state index is 14.3. The number of hydrogen-bond donors (Lipinski definition) is 0. The molecule has 0 aromatic heterocycles. The summed E-state index contributed by atoms with van der Waals surface area (Å²) < 4.78 is 58.2. The van der Waals surface area contributed by atoms with Crippen molar-refractivity contribution in [3.05, 3.63) is 71.8 Å². The van der Waals surface area contributed by atoms with E-state index in [2.05, 4.69) is 0 Å². The average Bonchev–Trinajstić information content (AvgIpc) is 2.81. The van der Waals surface area contributed by atoms with Crippen LogP contribution in [0, 0.1) is 5.92 Å². The summed E-state index contributed by atoms with van der Waals surface area (Å²) >= 11 is 0. The molecular formula is C25H28F3NO5. The summed E-state index contributed by atoms with van der Waals surface area (Å²) in [5.74, 6) is -3.10. The number of esters is 2. The summed E-state index contributed by atoms with van der Waals surface area (Å²) in [7, 11) is 0.813. The van der Waals surface area contributed by atoms with E-state index in [1.54, 1.807) is 6.92 Å². The first-order valence-corrected chi connectivity index (χ1v) is 11.0. The summed E-state index contributed by atoms with van der Waals surface area (Å²) in [5.41, 5.74) is -2.73. The molecule has 3 atom stereocenters. The second-order valence-electron chi connectivity index (χ2n) is 8.06. The van der Waals surface area contributed by atoms with Crippen LogP contribution in [0.25, 0.3) is 0 Å². The lowest BCUT2D eigenvalue weighted by Gasteiger charge is -2.39. The van der Waals surface area contributed by atoms with E-state index in [9.17, 15) is 22.8 Å². The summed E-state index contributed by atoms with van der Waals surface area (Å²) in [6, 6.07) is 16.1. The number of hydrogen-bond acceptors (Lipinski definition) is 6. The maximum Gasteiger partial charge on any atom is 0.432 e. The maximum atomic E-state index is 14.3. The monoisotopic (exact) mass is 479 g/mol. The Morgan fingerprint density at radius 2 is 1.65 bits per heavy atom. The minimum absolute atomic E-state index is 0.0799. The molecule has 0 bridgehead atoms. The first kappa shape index (κ1) is 25.7. The molecule has 6 nitrogen and oxygen atoms in total. The molecular weight excluding hydrogens is 451 g/mol. The Morgan fingerprint density at radius 3 is 2.21 bits per heavy atom. The molecule has 9 heteroatoms. The lowest BCUT2D eigenvalue weighted by atomic mass is 9.90. The molecule has 0 radical (unpaired) electrons. The number of alkyl halides is 3. The van der Waals surface area contributed by atoms with Gasteiger partial charge in [-0.25, -0.2) is 4.79 Å². The molecule has 1 fully saturated rings. The smallest absolute Gasteiger partial charge is 0.432 e. The van der Waals surface area contributed by atoms with E-state index < -0.39 is 41.3 Å². The predicted molar refractivity (Wildman–Crippen MR) is 118 cm³/mol. The van der Waals surface area contributed by atoms with Crippen molar-refractivity contribution in [2.75, 3.05) is 26.8 Å². The fourth-order valence-electron chi connectivity index (χ4n) is 4.21. The van der Waals surface area contributed by atoms with Gasteiger partial charge in [-0.15, -0.1) is 0 Å². The molecule has 3 rings (SSSR count). The summed E-state index contributed by atoms with van der Waals surface area (Å²) in [4.78, 5) is 27.7. The van der Waals surface area contributed by atoms with Gasteiger partial charge in [0.1, 0.15) is 6.10 Å². The minimum atomic E-state index is -5.10. The van der Waals surface area contributed by atoms with Crippen LogP contribution in [0.2, 0.25) is 0 Å². The minimum Gasteiger partial charge on any atom is -0.466 e. The lowest BCUT2D eigenvalue weighted by molar-refractivity contribution is -0.279. The first-order valence-electron chi connectivity index (χ1n) is 11.0. The lowest BCUT2D eigenvalue weighted by Crippen LogP contribution is -2.55. The zero-order valence-corrected chi connectivity index (χ0v) is 19.1. The summed E-state index contributed by atoms with van der Waals surface area (Å²) in [6.07, 6.45) is -5.96. The highest BCUT2D eigenvalue weighted by atomic mass is 19.4. The second kappa shape index (κ2) is 11.0. The average molecular weight is 479 g/mol. The number of methoxy groups -OCH3 is 1. The highest BCUT2D eigenvalue weighted by molar-refractivity contribution is 5.83. The number of rotatable bonds is 8. The highest BCUT2D eigenvalue weighted by Crippen LogP contribution is 2.43. The molecule has 1 aliphatic heterocycles. The van der Waals surface area contributed by atoms with Gasteiger partial charge in [-0.2, -0.15) is 13.2 Å². The molecule has 0 N–H and O–H groups in total. The van der Waals surface area contributed by atoms with Crippen LogP contribution < -0.4 is 0 Å². The van der Waals surface area contributed by atoms with Gasteiger partial charge in [0.05, 0.1) is 12.5 Å². The van der Waals surface area contributed by atoms with Gasteiger partial charge in [0, 0.05) is 25.8 Å². The third kappa shape index (κ3) is 5.42. The van der Waals surface area contributed by atoms with Crippen LogP contribution in [-0.2, 0) is 35.9 Å². The fourth-order valence-corrected chi connectivity index (χ4v) is 4.21. The second-order valence-corrected chi connectivity index (χ2v) is 8.06. The van der Waals surface area contributed by atoms with Crippen molar-refractivity contribution >= 4 is 11.9 Å². The number of benzene rings is 2. The van der Waals surface area contributed by atoms with E-state index in [-0.39, 0.29) is 19.6 Å². The Bertz CT molecular complexity index is 954. The van der Waals surface area contributed by atoms with Crippen LogP contribution in [-0.4, -0.2) is 55.9 Å². The Labute approximate surface area is 196 Å². The predicted octanol–water partition coefficient (Wildman–Crippen LogP) is 4.09. The molecule has 0 saturated carbocycles. The van der Waals surface area contributed by atoms with E-state index in [4.69, 9.17) is 14.2 Å². The van der Waals surface area contributed by atoms with Gasteiger partial charge in [0.25, 0.3) is 5.60 Å². The van der Waals surface area contributed by atoms with Gasteiger partial charge in [-0.3, -0.25) is 9.69 Å². The zero-order chi connectivity index (χ0) is 24.8. The number of carbonyl (C=O) groups excluding carboxylic acids is 2. The quantitative estimate of drug-likeness (QED) is 0.532. The molecule has 1 aliphatic rings. The van der Waals surface area contributed by atoms with Crippen molar-refractivity contribution in [3.63, 3.8) is 0 Å². The Kier molecular flexibility index (Phi) is 8.33. The van der Waals surface area contributed by atoms with Crippen molar-refractivity contribution in [3.8, 4) is 0 Å². The molecule has 34 heavy (non-hydrogen) atoms. The van der Waals surface area contributed by atoms with Gasteiger partial charge < -0.3 is 14.2 Å². The van der Waals surface area contributed by atoms with Crippen LogP contribution in [0.15, 0.2) is 60.7 Å². The number of carbonyl (C=O) groups is 2. The first-order chi connectivity index (χ1) is 16.2. The third-order valence-corrected chi connectivity index (χ3v) is 5.91. The van der Waals surface area contributed by atoms with Crippen molar-refractivity contribution in [1.29, 1.82) is 0 Å². The number of halogens is 3. The van der Waals surface area contributed by atoms with Crippen molar-refractivity contribution in [1.82, 2.24) is 4.90 Å². The molecule has 0 amide bonds. The third-order valence-electron chi connectivity index (χ3n) is 5.91. The molecule has 1 saturated heterocycles. The van der Waals surface area contributed by atoms with Crippen LogP contribution in [0.5, 0.6) is 0 Å². The Morgan fingerprint density at radius 1 is 1.03 bits per heavy atom. The topological polar surface area (TPSA) is 65.1 Å². The van der Waals surface area contributed by atoms with Gasteiger partial charge in [0.2, 0.25) is 0 Å². The van der Waals surface area contributed by atoms with E-state index in [1.807, 2.05) is 35.2 Å². The Balaban J connectivity index is 1.89. The highest BCUT2D eigenvalue weighted by Gasteiger charge is 2.64. The van der Waals surface area contributed by atoms with Crippen LogP contribution >= 0.6 is 0 Å². The van der Waals surface area contributed by atoms with Crippen molar-refractivity contribution < 1.29 is 37.0 Å². The van der Waals surface area contributed by atoms with E-state index in [0.29, 0.717) is 13.1 Å². The van der Waals surface area contributed by atoms with Gasteiger partial charge in [-0.05, 0) is 25.5 Å². The fraction of sp³-hybridized carbons (Fsp3) is 0.440. The number of likely N-dealkylation sites (tertiary alicyclic amines) is 1. The summed E-state index contributed by atoms with van der Waals surface area (Å²) in [5, 5.41) is 0. The number of nitrogens with zero attached hydrogens (tertiary/aromatic N) is 1. The van der Waals surface area contributed by atoms with Gasteiger partial charge >= 0.3 is 18.1 Å². The SMILES string of the molecule is CCOC(=O)[C@@H]1CCN(Cc2ccccc2)C[C@H]1OC(=O)[C@](OC)(c1ccccc1)C(F)(F)F. The van der Waals surface area contributed by atoms with Crippen LogP contribution in [0.3, 0.4) is 0 Å². The van der Waals surface area contributed by atoms with Gasteiger partial charge in [-0.1, -0.05) is 60.7 Å². The van der Waals surface area contributed by atoms with E-state index >= 15 is 0 Å². The largest absolute Gasteiger partial charge is 0.466 e. The van der Waals surface area contributed by atoms with Gasteiger partial charge in [0.15, 0.2) is 0 Å².